The minimum atomic E-state index is -0.164. The number of anilines is 1. The van der Waals surface area contributed by atoms with Gasteiger partial charge in [0.25, 0.3) is 0 Å². The molecule has 20 heavy (non-hydrogen) atoms. The van der Waals surface area contributed by atoms with Crippen molar-refractivity contribution in [3.63, 3.8) is 0 Å². The van der Waals surface area contributed by atoms with E-state index >= 15 is 0 Å². The van der Waals surface area contributed by atoms with Gasteiger partial charge in [0.1, 0.15) is 12.4 Å². The number of hydrogen-bond donors (Lipinski definition) is 2. The monoisotopic (exact) mass is 302 g/mol. The molecule has 114 valence electrons. The Balaban J connectivity index is 0.00000361. The number of ether oxygens (including phenoxy) is 2. The number of halogens is 1. The second kappa shape index (κ2) is 9.58. The van der Waals surface area contributed by atoms with Crippen molar-refractivity contribution in [2.75, 3.05) is 25.6 Å². The number of rotatable bonds is 7. The first-order chi connectivity index (χ1) is 9.02. The van der Waals surface area contributed by atoms with E-state index in [2.05, 4.69) is 5.32 Å². The van der Waals surface area contributed by atoms with Gasteiger partial charge in [-0.3, -0.25) is 4.79 Å². The van der Waals surface area contributed by atoms with Gasteiger partial charge in [-0.05, 0) is 31.5 Å². The molecule has 6 heteroatoms. The van der Waals surface area contributed by atoms with E-state index < -0.39 is 0 Å². The number of aryl methyl sites for hydroxylation is 1. The lowest BCUT2D eigenvalue weighted by atomic mass is 10.2. The van der Waals surface area contributed by atoms with E-state index in [4.69, 9.17) is 15.2 Å². The molecule has 0 bridgehead atoms. The van der Waals surface area contributed by atoms with Crippen LogP contribution in [0.3, 0.4) is 0 Å². The Morgan fingerprint density at radius 3 is 2.70 bits per heavy atom. The lowest BCUT2D eigenvalue weighted by Gasteiger charge is -2.14. The summed E-state index contributed by atoms with van der Waals surface area (Å²) in [5.41, 5.74) is 7.33. The highest BCUT2D eigenvalue weighted by molar-refractivity contribution is 5.92. The molecule has 1 atom stereocenters. The Bertz CT molecular complexity index is 425. The largest absolute Gasteiger partial charge is 0.489 e. The molecule has 0 aliphatic rings. The zero-order valence-corrected chi connectivity index (χ0v) is 13.0. The summed E-state index contributed by atoms with van der Waals surface area (Å²) in [6, 6.07) is 5.47. The highest BCUT2D eigenvalue weighted by atomic mass is 35.5. The number of methoxy groups -OCH3 is 1. The van der Waals surface area contributed by atoms with Gasteiger partial charge >= 0.3 is 0 Å². The minimum absolute atomic E-state index is 0. The highest BCUT2D eigenvalue weighted by Crippen LogP contribution is 2.25. The zero-order valence-electron chi connectivity index (χ0n) is 12.1. The Morgan fingerprint density at radius 2 is 2.10 bits per heavy atom. The minimum Gasteiger partial charge on any atom is -0.489 e. The fourth-order valence-corrected chi connectivity index (χ4v) is 1.58. The molecule has 1 unspecified atom stereocenters. The molecule has 0 saturated carbocycles. The molecular weight excluding hydrogens is 280 g/mol. The van der Waals surface area contributed by atoms with Crippen LogP contribution in [0.25, 0.3) is 0 Å². The molecule has 3 N–H and O–H groups in total. The van der Waals surface area contributed by atoms with E-state index in [-0.39, 0.29) is 30.8 Å². The van der Waals surface area contributed by atoms with E-state index in [9.17, 15) is 4.79 Å². The van der Waals surface area contributed by atoms with Crippen molar-refractivity contribution in [2.45, 2.75) is 26.3 Å². The molecule has 1 aromatic carbocycles. The lowest BCUT2D eigenvalue weighted by Crippen LogP contribution is -2.24. The summed E-state index contributed by atoms with van der Waals surface area (Å²) in [5, 5.41) is 2.81. The van der Waals surface area contributed by atoms with Crippen LogP contribution in [0.1, 0.15) is 18.9 Å². The number of amides is 1. The summed E-state index contributed by atoms with van der Waals surface area (Å²) in [4.78, 5) is 11.7. The first-order valence-corrected chi connectivity index (χ1v) is 6.30. The average molecular weight is 303 g/mol. The molecule has 0 aliphatic heterocycles. The van der Waals surface area contributed by atoms with Gasteiger partial charge in [0.05, 0.1) is 12.3 Å². The standard InChI is InChI=1S/C14H22N2O3.ClH/c1-10-4-5-12(16-14(17)9-11(2)15)13(8-10)19-7-6-18-3;/h4-5,8,11H,6-7,9,15H2,1-3H3,(H,16,17);1H. The molecule has 1 aromatic rings. The Kier molecular flexibility index (Phi) is 8.96. The number of carbonyl (C=O) groups excluding carboxylic acids is 1. The van der Waals surface area contributed by atoms with Gasteiger partial charge in [-0.15, -0.1) is 12.4 Å². The van der Waals surface area contributed by atoms with Gasteiger partial charge in [-0.2, -0.15) is 0 Å². The summed E-state index contributed by atoms with van der Waals surface area (Å²) in [6.07, 6.45) is 0.283. The van der Waals surface area contributed by atoms with Crippen molar-refractivity contribution in [3.8, 4) is 5.75 Å². The maximum atomic E-state index is 11.7. The summed E-state index contributed by atoms with van der Waals surface area (Å²) in [7, 11) is 1.62. The Hall–Kier alpha value is -1.30. The molecule has 0 radical (unpaired) electrons. The van der Waals surface area contributed by atoms with Crippen LogP contribution in [0.5, 0.6) is 5.75 Å². The van der Waals surface area contributed by atoms with E-state index in [0.717, 1.165) is 5.56 Å². The fourth-order valence-electron chi connectivity index (χ4n) is 1.58. The smallest absolute Gasteiger partial charge is 0.226 e. The lowest BCUT2D eigenvalue weighted by molar-refractivity contribution is -0.116. The van der Waals surface area contributed by atoms with Crippen LogP contribution in [0, 0.1) is 6.92 Å². The summed E-state index contributed by atoms with van der Waals surface area (Å²) in [6.45, 7) is 4.71. The number of hydrogen-bond acceptors (Lipinski definition) is 4. The number of nitrogens with one attached hydrogen (secondary N) is 1. The first kappa shape index (κ1) is 18.7. The molecule has 0 spiro atoms. The van der Waals surface area contributed by atoms with Crippen molar-refractivity contribution >= 4 is 24.0 Å². The van der Waals surface area contributed by atoms with E-state index in [1.54, 1.807) is 14.0 Å². The van der Waals surface area contributed by atoms with E-state index in [1.807, 2.05) is 25.1 Å². The van der Waals surface area contributed by atoms with Gasteiger partial charge in [0.15, 0.2) is 0 Å². The van der Waals surface area contributed by atoms with Crippen LogP contribution in [-0.4, -0.2) is 32.3 Å². The van der Waals surface area contributed by atoms with Crippen LogP contribution in [0.2, 0.25) is 0 Å². The number of nitrogens with two attached hydrogens (primary N) is 1. The maximum absolute atomic E-state index is 11.7. The van der Waals surface area contributed by atoms with Crippen LogP contribution >= 0.6 is 12.4 Å². The number of benzene rings is 1. The van der Waals surface area contributed by atoms with Crippen molar-refractivity contribution in [3.05, 3.63) is 23.8 Å². The van der Waals surface area contributed by atoms with Gasteiger partial charge in [-0.1, -0.05) is 6.07 Å². The molecule has 0 saturated heterocycles. The zero-order chi connectivity index (χ0) is 14.3. The molecule has 5 nitrogen and oxygen atoms in total. The van der Waals surface area contributed by atoms with Crippen molar-refractivity contribution < 1.29 is 14.3 Å². The number of carbonyl (C=O) groups is 1. The molecule has 0 heterocycles. The third-order valence-corrected chi connectivity index (χ3v) is 2.46. The van der Waals surface area contributed by atoms with Crippen LogP contribution in [-0.2, 0) is 9.53 Å². The topological polar surface area (TPSA) is 73.6 Å². The molecule has 0 aliphatic carbocycles. The second-order valence-corrected chi connectivity index (χ2v) is 4.57. The SMILES string of the molecule is COCCOc1cc(C)ccc1NC(=O)CC(C)N.Cl. The van der Waals surface area contributed by atoms with Crippen molar-refractivity contribution in [2.24, 2.45) is 5.73 Å². The maximum Gasteiger partial charge on any atom is 0.226 e. The predicted molar refractivity (Wildman–Crippen MR) is 82.7 cm³/mol. The van der Waals surface area contributed by atoms with Gasteiger partial charge in [-0.25, -0.2) is 0 Å². The second-order valence-electron chi connectivity index (χ2n) is 4.57. The molecule has 1 amide bonds. The molecule has 0 aromatic heterocycles. The van der Waals surface area contributed by atoms with Gasteiger partial charge in [0, 0.05) is 19.6 Å². The van der Waals surface area contributed by atoms with Crippen molar-refractivity contribution in [1.29, 1.82) is 0 Å². The Labute approximate surface area is 126 Å². The third-order valence-electron chi connectivity index (χ3n) is 2.46. The molecule has 1 rings (SSSR count). The van der Waals surface area contributed by atoms with Gasteiger partial charge < -0.3 is 20.5 Å². The quantitative estimate of drug-likeness (QED) is 0.757. The third kappa shape index (κ3) is 6.75. The summed E-state index contributed by atoms with van der Waals surface area (Å²) >= 11 is 0. The normalized spacial score (nSPS) is 11.4. The first-order valence-electron chi connectivity index (χ1n) is 6.30. The van der Waals surface area contributed by atoms with E-state index in [0.29, 0.717) is 24.7 Å². The molecule has 0 fully saturated rings. The molecular formula is C14H23ClN2O3. The summed E-state index contributed by atoms with van der Waals surface area (Å²) in [5.74, 6) is 0.533. The fraction of sp³-hybridized carbons (Fsp3) is 0.500. The summed E-state index contributed by atoms with van der Waals surface area (Å²) < 4.78 is 10.5. The van der Waals surface area contributed by atoms with Crippen LogP contribution < -0.4 is 15.8 Å². The average Bonchev–Trinajstić information content (AvgIpc) is 2.32. The highest BCUT2D eigenvalue weighted by Gasteiger charge is 2.10. The van der Waals surface area contributed by atoms with Crippen LogP contribution in [0.15, 0.2) is 18.2 Å². The van der Waals surface area contributed by atoms with Crippen LogP contribution in [0.4, 0.5) is 5.69 Å². The van der Waals surface area contributed by atoms with Gasteiger partial charge in [0.2, 0.25) is 5.91 Å². The Morgan fingerprint density at radius 1 is 1.40 bits per heavy atom. The van der Waals surface area contributed by atoms with Crippen molar-refractivity contribution in [1.82, 2.24) is 0 Å². The predicted octanol–water partition coefficient (Wildman–Crippen LogP) is 2.12. The van der Waals surface area contributed by atoms with E-state index in [1.165, 1.54) is 0 Å².